The third-order valence-corrected chi connectivity index (χ3v) is 4.82. The zero-order valence-corrected chi connectivity index (χ0v) is 14.2. The summed E-state index contributed by atoms with van der Waals surface area (Å²) in [7, 11) is -2.54. The summed E-state index contributed by atoms with van der Waals surface area (Å²) < 4.78 is 54.0. The van der Waals surface area contributed by atoms with Gasteiger partial charge < -0.3 is 5.32 Å². The molecule has 0 aliphatic heterocycles. The first kappa shape index (κ1) is 18.3. The Kier molecular flexibility index (Phi) is 6.98. The van der Waals surface area contributed by atoms with E-state index in [2.05, 4.69) is 21.2 Å². The van der Waals surface area contributed by atoms with Crippen LogP contribution in [0, 0.1) is 11.6 Å². The third kappa shape index (κ3) is 5.50. The van der Waals surface area contributed by atoms with Crippen LogP contribution in [0.25, 0.3) is 0 Å². The summed E-state index contributed by atoms with van der Waals surface area (Å²) in [5, 5.41) is 3.07. The number of hydrogen-bond acceptors (Lipinski definition) is 3. The Balaban J connectivity index is 2.74. The van der Waals surface area contributed by atoms with Gasteiger partial charge in [-0.1, -0.05) is 6.92 Å². The Morgan fingerprint density at radius 3 is 2.57 bits per heavy atom. The van der Waals surface area contributed by atoms with Crippen LogP contribution in [0.1, 0.15) is 13.3 Å². The summed E-state index contributed by atoms with van der Waals surface area (Å²) in [5.41, 5.74) is -0.422. The number of rotatable bonds is 8. The van der Waals surface area contributed by atoms with Gasteiger partial charge in [0.1, 0.15) is 11.6 Å². The Hall–Kier alpha value is -0.770. The van der Waals surface area contributed by atoms with E-state index < -0.39 is 27.5 Å². The molecule has 5 nitrogen and oxygen atoms in total. The molecular weight excluding hydrogens is 368 g/mol. The lowest BCUT2D eigenvalue weighted by atomic mass is 10.3. The zero-order valence-electron chi connectivity index (χ0n) is 11.8. The molecular formula is C12H18BrF2N3O2S. The number of nitrogens with one attached hydrogen (secondary N) is 2. The Bertz CT molecular complexity index is 584. The predicted octanol–water partition coefficient (Wildman–Crippen LogP) is 2.32. The van der Waals surface area contributed by atoms with E-state index in [1.54, 1.807) is 0 Å². The number of hydrogen-bond donors (Lipinski definition) is 2. The lowest BCUT2D eigenvalue weighted by molar-refractivity contribution is 0.459. The maximum Gasteiger partial charge on any atom is 0.301 e. The Morgan fingerprint density at radius 1 is 1.29 bits per heavy atom. The fraction of sp³-hybridized carbons (Fsp3) is 0.500. The molecule has 0 aromatic heterocycles. The molecule has 120 valence electrons. The molecule has 0 spiro atoms. The van der Waals surface area contributed by atoms with Gasteiger partial charge in [0.2, 0.25) is 0 Å². The molecule has 0 saturated heterocycles. The van der Waals surface area contributed by atoms with E-state index in [4.69, 9.17) is 0 Å². The van der Waals surface area contributed by atoms with E-state index in [0.717, 1.165) is 23.0 Å². The molecule has 0 radical (unpaired) electrons. The van der Waals surface area contributed by atoms with Gasteiger partial charge in [-0.3, -0.25) is 4.72 Å². The van der Waals surface area contributed by atoms with Gasteiger partial charge in [0.15, 0.2) is 0 Å². The molecule has 0 aliphatic rings. The second-order valence-electron chi connectivity index (χ2n) is 4.38. The van der Waals surface area contributed by atoms with Gasteiger partial charge in [0, 0.05) is 19.7 Å². The van der Waals surface area contributed by atoms with Crippen LogP contribution in [0.4, 0.5) is 14.5 Å². The molecule has 21 heavy (non-hydrogen) atoms. The molecule has 0 atom stereocenters. The SMILES string of the molecule is CCNCCCN(C)S(=O)(=O)Nc1cc(F)c(Br)cc1F. The first-order chi connectivity index (χ1) is 9.77. The quantitative estimate of drug-likeness (QED) is 0.533. The minimum absolute atomic E-state index is 0.0676. The van der Waals surface area contributed by atoms with Crippen molar-refractivity contribution in [3.63, 3.8) is 0 Å². The van der Waals surface area contributed by atoms with Crippen LogP contribution in [-0.2, 0) is 10.2 Å². The monoisotopic (exact) mass is 385 g/mol. The molecule has 0 aliphatic carbocycles. The molecule has 0 fully saturated rings. The summed E-state index contributed by atoms with van der Waals surface area (Å²) >= 11 is 2.83. The zero-order chi connectivity index (χ0) is 16.0. The van der Waals surface area contributed by atoms with Crippen LogP contribution < -0.4 is 10.0 Å². The normalized spacial score (nSPS) is 11.9. The van der Waals surface area contributed by atoms with Gasteiger partial charge in [-0.05, 0) is 41.5 Å². The highest BCUT2D eigenvalue weighted by Crippen LogP contribution is 2.24. The van der Waals surface area contributed by atoms with Gasteiger partial charge in [-0.25, -0.2) is 8.78 Å². The van der Waals surface area contributed by atoms with Crippen molar-refractivity contribution < 1.29 is 17.2 Å². The van der Waals surface area contributed by atoms with E-state index in [1.165, 1.54) is 7.05 Å². The summed E-state index contributed by atoms with van der Waals surface area (Å²) in [6.07, 6.45) is 0.614. The maximum absolute atomic E-state index is 13.6. The second kappa shape index (κ2) is 8.02. The van der Waals surface area contributed by atoms with Crippen LogP contribution in [-0.4, -0.2) is 39.4 Å². The van der Waals surface area contributed by atoms with Crippen molar-refractivity contribution in [3.8, 4) is 0 Å². The van der Waals surface area contributed by atoms with Gasteiger partial charge in [0.05, 0.1) is 10.2 Å². The van der Waals surface area contributed by atoms with Crippen LogP contribution in [0.3, 0.4) is 0 Å². The molecule has 1 aromatic rings. The highest BCUT2D eigenvalue weighted by molar-refractivity contribution is 9.10. The summed E-state index contributed by atoms with van der Waals surface area (Å²) in [6.45, 7) is 3.70. The molecule has 1 aromatic carbocycles. The lowest BCUT2D eigenvalue weighted by Gasteiger charge is -2.18. The molecule has 2 N–H and O–H groups in total. The maximum atomic E-state index is 13.6. The molecule has 0 heterocycles. The first-order valence-electron chi connectivity index (χ1n) is 6.37. The highest BCUT2D eigenvalue weighted by Gasteiger charge is 2.20. The van der Waals surface area contributed by atoms with Crippen molar-refractivity contribution in [3.05, 3.63) is 28.2 Å². The summed E-state index contributed by atoms with van der Waals surface area (Å²) in [5.74, 6) is -1.60. The van der Waals surface area contributed by atoms with E-state index in [-0.39, 0.29) is 11.0 Å². The summed E-state index contributed by atoms with van der Waals surface area (Å²) in [6, 6.07) is 1.67. The van der Waals surface area contributed by atoms with E-state index in [9.17, 15) is 17.2 Å². The van der Waals surface area contributed by atoms with E-state index in [1.807, 2.05) is 11.6 Å². The van der Waals surface area contributed by atoms with Crippen molar-refractivity contribution in [2.75, 3.05) is 31.4 Å². The smallest absolute Gasteiger partial charge is 0.301 e. The molecule has 0 bridgehead atoms. The molecule has 1 rings (SSSR count). The van der Waals surface area contributed by atoms with Crippen LogP contribution in [0.2, 0.25) is 0 Å². The van der Waals surface area contributed by atoms with Crippen molar-refractivity contribution >= 4 is 31.8 Å². The van der Waals surface area contributed by atoms with E-state index >= 15 is 0 Å². The molecule has 0 amide bonds. The average molecular weight is 386 g/mol. The molecule has 0 unspecified atom stereocenters. The average Bonchev–Trinajstić information content (AvgIpc) is 2.40. The first-order valence-corrected chi connectivity index (χ1v) is 8.60. The largest absolute Gasteiger partial charge is 0.317 e. The number of benzene rings is 1. The lowest BCUT2D eigenvalue weighted by Crippen LogP contribution is -2.34. The van der Waals surface area contributed by atoms with Crippen molar-refractivity contribution in [1.82, 2.24) is 9.62 Å². The number of nitrogens with zero attached hydrogens (tertiary/aromatic N) is 1. The fourth-order valence-electron chi connectivity index (χ4n) is 1.54. The minimum atomic E-state index is -3.92. The van der Waals surface area contributed by atoms with Crippen LogP contribution in [0.15, 0.2) is 16.6 Å². The van der Waals surface area contributed by atoms with Crippen LogP contribution in [0.5, 0.6) is 0 Å². The number of halogens is 3. The van der Waals surface area contributed by atoms with Gasteiger partial charge in [-0.2, -0.15) is 12.7 Å². The van der Waals surface area contributed by atoms with Crippen molar-refractivity contribution in [1.29, 1.82) is 0 Å². The summed E-state index contributed by atoms with van der Waals surface area (Å²) in [4.78, 5) is 0. The third-order valence-electron chi connectivity index (χ3n) is 2.74. The fourth-order valence-corrected chi connectivity index (χ4v) is 2.82. The highest BCUT2D eigenvalue weighted by atomic mass is 79.9. The van der Waals surface area contributed by atoms with Gasteiger partial charge in [0.25, 0.3) is 0 Å². The van der Waals surface area contributed by atoms with Gasteiger partial charge >= 0.3 is 10.2 Å². The molecule has 0 saturated carbocycles. The van der Waals surface area contributed by atoms with Crippen molar-refractivity contribution in [2.24, 2.45) is 0 Å². The number of anilines is 1. The van der Waals surface area contributed by atoms with E-state index in [0.29, 0.717) is 13.0 Å². The second-order valence-corrected chi connectivity index (χ2v) is 7.01. The van der Waals surface area contributed by atoms with Gasteiger partial charge in [-0.15, -0.1) is 0 Å². The minimum Gasteiger partial charge on any atom is -0.317 e. The Labute approximate surface area is 132 Å². The standard InChI is InChI=1S/C12H18BrF2N3O2S/c1-3-16-5-4-6-18(2)21(19,20)17-12-8-10(14)9(13)7-11(12)15/h7-8,16-17H,3-6H2,1-2H3. The topological polar surface area (TPSA) is 61.4 Å². The molecule has 9 heteroatoms. The Morgan fingerprint density at radius 2 is 1.95 bits per heavy atom. The van der Waals surface area contributed by atoms with Crippen molar-refractivity contribution in [2.45, 2.75) is 13.3 Å². The predicted molar refractivity (Wildman–Crippen MR) is 82.4 cm³/mol. The van der Waals surface area contributed by atoms with Crippen LogP contribution >= 0.6 is 15.9 Å².